The first-order chi connectivity index (χ1) is 22.3. The Bertz CT molecular complexity index is 1790. The van der Waals surface area contributed by atoms with Crippen molar-refractivity contribution in [2.75, 3.05) is 26.4 Å². The molecule has 0 saturated carbocycles. The molecule has 0 atom stereocenters. The molecule has 0 unspecified atom stereocenters. The van der Waals surface area contributed by atoms with Crippen LogP contribution in [0.2, 0.25) is 0 Å². The second-order valence-corrected chi connectivity index (χ2v) is 11.1. The molecule has 47 heavy (non-hydrogen) atoms. The van der Waals surface area contributed by atoms with Crippen molar-refractivity contribution in [1.29, 1.82) is 0 Å². The van der Waals surface area contributed by atoms with Crippen LogP contribution in [-0.4, -0.2) is 36.6 Å². The number of aliphatic hydroxyl groups is 2. The molecule has 7 rings (SSSR count). The Balaban J connectivity index is 0.00000217. The Morgan fingerprint density at radius 3 is 1.21 bits per heavy atom. The second kappa shape index (κ2) is 14.5. The van der Waals surface area contributed by atoms with E-state index < -0.39 is 5.41 Å². The molecule has 4 nitrogen and oxygen atoms in total. The van der Waals surface area contributed by atoms with Crippen molar-refractivity contribution in [2.45, 2.75) is 20.3 Å². The summed E-state index contributed by atoms with van der Waals surface area (Å²) in [6, 6.07) is 50.8. The summed E-state index contributed by atoms with van der Waals surface area (Å²) in [7, 11) is 0. The number of hydrogen-bond acceptors (Lipinski definition) is 4. The minimum absolute atomic E-state index is 0. The van der Waals surface area contributed by atoms with Crippen molar-refractivity contribution >= 4 is 0 Å². The van der Waals surface area contributed by atoms with Crippen LogP contribution in [0.1, 0.15) is 37.1 Å². The van der Waals surface area contributed by atoms with E-state index in [-0.39, 0.29) is 41.3 Å². The first kappa shape index (κ1) is 33.2. The van der Waals surface area contributed by atoms with Crippen LogP contribution in [0, 0.1) is 0 Å². The summed E-state index contributed by atoms with van der Waals surface area (Å²) in [5.41, 5.74) is 10.4. The van der Waals surface area contributed by atoms with Crippen molar-refractivity contribution in [3.8, 4) is 44.9 Å². The van der Waals surface area contributed by atoms with E-state index in [1.54, 1.807) is 0 Å². The molecular weight excluding hydrogens is 580 g/mol. The molecule has 0 fully saturated rings. The van der Waals surface area contributed by atoms with Gasteiger partial charge in [0.15, 0.2) is 0 Å². The van der Waals surface area contributed by atoms with Gasteiger partial charge >= 0.3 is 0 Å². The molecule has 2 N–H and O–H groups in total. The molecule has 0 saturated heterocycles. The average molecular weight is 623 g/mol. The highest BCUT2D eigenvalue weighted by Crippen LogP contribution is 2.57. The lowest BCUT2D eigenvalue weighted by molar-refractivity contribution is 0.202. The van der Waals surface area contributed by atoms with E-state index >= 15 is 0 Å². The lowest BCUT2D eigenvalue weighted by Gasteiger charge is -2.35. The summed E-state index contributed by atoms with van der Waals surface area (Å²) < 4.78 is 12.2. The van der Waals surface area contributed by atoms with Gasteiger partial charge in [-0.25, -0.2) is 0 Å². The molecule has 0 bridgehead atoms. The van der Waals surface area contributed by atoms with E-state index in [2.05, 4.69) is 97.1 Å². The van der Waals surface area contributed by atoms with Gasteiger partial charge < -0.3 is 19.7 Å². The quantitative estimate of drug-likeness (QED) is 0.160. The Kier molecular flexibility index (Phi) is 10.3. The third-order valence-electron chi connectivity index (χ3n) is 8.64. The number of hydrogen-bond donors (Lipinski definition) is 2. The van der Waals surface area contributed by atoms with Crippen LogP contribution in [0.25, 0.3) is 33.4 Å². The lowest BCUT2D eigenvalue weighted by atomic mass is 9.67. The maximum Gasteiger partial charge on any atom is 0.127 e. The van der Waals surface area contributed by atoms with Gasteiger partial charge in [0.1, 0.15) is 24.7 Å². The number of fused-ring (bicyclic) bond motifs is 3. The molecule has 0 radical (unpaired) electrons. The van der Waals surface area contributed by atoms with E-state index in [4.69, 9.17) is 9.47 Å². The topological polar surface area (TPSA) is 58.9 Å². The summed E-state index contributed by atoms with van der Waals surface area (Å²) in [5.74, 6) is 1.46. The summed E-state index contributed by atoms with van der Waals surface area (Å²) in [6.45, 7) is 0.304. The minimum atomic E-state index is -0.648. The molecule has 6 aromatic carbocycles. The molecule has 0 aromatic heterocycles. The molecule has 0 spiro atoms. The second-order valence-electron chi connectivity index (χ2n) is 11.1. The van der Waals surface area contributed by atoms with Crippen LogP contribution in [0.4, 0.5) is 0 Å². The largest absolute Gasteiger partial charge is 0.491 e. The van der Waals surface area contributed by atoms with Gasteiger partial charge in [0.05, 0.1) is 18.6 Å². The first-order valence-corrected chi connectivity index (χ1v) is 15.3. The first-order valence-electron chi connectivity index (χ1n) is 15.3. The van der Waals surface area contributed by atoms with Gasteiger partial charge in [0.25, 0.3) is 0 Å². The van der Waals surface area contributed by atoms with E-state index in [1.807, 2.05) is 48.5 Å². The van der Waals surface area contributed by atoms with E-state index in [0.29, 0.717) is 0 Å². The van der Waals surface area contributed by atoms with Crippen LogP contribution < -0.4 is 9.47 Å². The number of benzene rings is 6. The molecule has 1 aliphatic carbocycles. The molecule has 0 amide bonds. The highest BCUT2D eigenvalue weighted by molar-refractivity contribution is 5.88. The standard InChI is InChI=1S/C41H34O4.2CH4/c42-23-25-44-39-21-19-31(27-35(39)29-11-3-1-4-12-29)41(37-17-9-7-15-33(37)34-16-8-10-18-38(34)41)32-20-22-40(45-26-24-43)36(28-32)30-13-5-2-6-14-30;;/h1-22,27-28,42-43H,23-26H2;2*1H4. The van der Waals surface area contributed by atoms with Gasteiger partial charge in [-0.1, -0.05) is 136 Å². The number of aliphatic hydroxyl groups excluding tert-OH is 2. The van der Waals surface area contributed by atoms with Crippen LogP contribution in [0.15, 0.2) is 146 Å². The summed E-state index contributed by atoms with van der Waals surface area (Å²) in [5, 5.41) is 19.1. The number of ether oxygens (including phenoxy) is 2. The monoisotopic (exact) mass is 622 g/mol. The lowest BCUT2D eigenvalue weighted by Crippen LogP contribution is -2.29. The van der Waals surface area contributed by atoms with Crippen molar-refractivity contribution in [3.63, 3.8) is 0 Å². The van der Waals surface area contributed by atoms with Gasteiger partial charge in [-0.3, -0.25) is 0 Å². The van der Waals surface area contributed by atoms with Crippen LogP contribution in [-0.2, 0) is 5.41 Å². The van der Waals surface area contributed by atoms with Gasteiger partial charge in [-0.15, -0.1) is 0 Å². The fourth-order valence-corrected chi connectivity index (χ4v) is 6.80. The molecule has 238 valence electrons. The van der Waals surface area contributed by atoms with Gasteiger partial charge in [0, 0.05) is 11.1 Å². The van der Waals surface area contributed by atoms with Crippen LogP contribution in [0.5, 0.6) is 11.5 Å². The molecule has 6 aromatic rings. The summed E-state index contributed by atoms with van der Waals surface area (Å²) in [4.78, 5) is 0. The molecule has 4 heteroatoms. The minimum Gasteiger partial charge on any atom is -0.491 e. The predicted octanol–water partition coefficient (Wildman–Crippen LogP) is 9.40. The zero-order valence-corrected chi connectivity index (χ0v) is 24.9. The van der Waals surface area contributed by atoms with Gasteiger partial charge in [-0.05, 0) is 68.8 Å². The Morgan fingerprint density at radius 1 is 0.426 bits per heavy atom. The van der Waals surface area contributed by atoms with Crippen molar-refractivity contribution in [3.05, 3.63) is 168 Å². The van der Waals surface area contributed by atoms with E-state index in [1.165, 1.54) is 22.3 Å². The highest BCUT2D eigenvalue weighted by Gasteiger charge is 2.46. The predicted molar refractivity (Wildman–Crippen MR) is 193 cm³/mol. The maximum atomic E-state index is 9.57. The van der Waals surface area contributed by atoms with Crippen molar-refractivity contribution < 1.29 is 19.7 Å². The van der Waals surface area contributed by atoms with Crippen LogP contribution >= 0.6 is 0 Å². The average Bonchev–Trinajstić information content (AvgIpc) is 3.41. The Hall–Kier alpha value is -5.16. The zero-order valence-electron chi connectivity index (χ0n) is 24.9. The normalized spacial score (nSPS) is 12.2. The Morgan fingerprint density at radius 2 is 0.809 bits per heavy atom. The molecule has 0 aliphatic heterocycles. The van der Waals surface area contributed by atoms with E-state index in [9.17, 15) is 10.2 Å². The number of rotatable bonds is 10. The summed E-state index contributed by atoms with van der Waals surface area (Å²) in [6.07, 6.45) is 0. The Labute approximate surface area is 278 Å². The third-order valence-corrected chi connectivity index (χ3v) is 8.64. The van der Waals surface area contributed by atoms with Crippen LogP contribution in [0.3, 0.4) is 0 Å². The van der Waals surface area contributed by atoms with E-state index in [0.717, 1.165) is 44.9 Å². The smallest absolute Gasteiger partial charge is 0.127 e. The van der Waals surface area contributed by atoms with Gasteiger partial charge in [-0.2, -0.15) is 0 Å². The van der Waals surface area contributed by atoms with Gasteiger partial charge in [0.2, 0.25) is 0 Å². The molecule has 0 heterocycles. The van der Waals surface area contributed by atoms with Crippen molar-refractivity contribution in [1.82, 2.24) is 0 Å². The fraction of sp³-hybridized carbons (Fsp3) is 0.163. The molecular formula is C43H42O4. The van der Waals surface area contributed by atoms with Crippen molar-refractivity contribution in [2.24, 2.45) is 0 Å². The molecule has 1 aliphatic rings. The maximum absolute atomic E-state index is 9.57. The SMILES string of the molecule is C.C.OCCOc1ccc(C2(c3ccc(OCCO)c(-c4ccccc4)c3)c3ccccc3-c3ccccc32)cc1-c1ccccc1. The highest BCUT2D eigenvalue weighted by atomic mass is 16.5. The summed E-state index contributed by atoms with van der Waals surface area (Å²) >= 11 is 0. The fourth-order valence-electron chi connectivity index (χ4n) is 6.80. The zero-order chi connectivity index (χ0) is 30.6. The third kappa shape index (κ3) is 5.83.